The number of rotatable bonds is 5. The van der Waals surface area contributed by atoms with Gasteiger partial charge in [-0.15, -0.1) is 0 Å². The van der Waals surface area contributed by atoms with Crippen LogP contribution in [-0.2, 0) is 10.8 Å². The minimum Gasteiger partial charge on any atom is -0.463 e. The van der Waals surface area contributed by atoms with Crippen molar-refractivity contribution in [3.05, 3.63) is 23.2 Å². The molecule has 0 radical (unpaired) electrons. The van der Waals surface area contributed by atoms with Crippen LogP contribution in [0.4, 0.5) is 11.8 Å². The number of anilines is 2. The third kappa shape index (κ3) is 4.08. The van der Waals surface area contributed by atoms with E-state index in [1.54, 1.807) is 12.4 Å². The van der Waals surface area contributed by atoms with Crippen molar-refractivity contribution in [3.8, 4) is 5.88 Å². The summed E-state index contributed by atoms with van der Waals surface area (Å²) in [5, 5.41) is 13.8. The lowest BCUT2D eigenvalue weighted by Gasteiger charge is -2.41. The van der Waals surface area contributed by atoms with E-state index in [1.807, 2.05) is 0 Å². The molecule has 3 aliphatic rings. The van der Waals surface area contributed by atoms with Crippen molar-refractivity contribution in [2.45, 2.75) is 54.9 Å². The standard InChI is InChI=1S/C20H25ClN6O3S/c21-14-9-22-16(23-10-14)13-3-1-7-27(8-4-13)19-24-17(26-20(11-28)5-2-6-20)15-18(25-19)30-12-31(15)29/h9-10,13,28H,1-8,11-12H2,(H,24,25,26). The van der Waals surface area contributed by atoms with Crippen LogP contribution in [0.5, 0.6) is 5.88 Å². The molecule has 2 unspecified atom stereocenters. The summed E-state index contributed by atoms with van der Waals surface area (Å²) in [5.74, 6) is 2.61. The van der Waals surface area contributed by atoms with Gasteiger partial charge in [0.15, 0.2) is 11.8 Å². The lowest BCUT2D eigenvalue weighted by atomic mass is 9.77. The van der Waals surface area contributed by atoms with Crippen LogP contribution in [0.2, 0.25) is 5.02 Å². The quantitative estimate of drug-likeness (QED) is 0.688. The second kappa shape index (κ2) is 8.48. The van der Waals surface area contributed by atoms with Crippen LogP contribution in [0, 0.1) is 0 Å². The maximum absolute atomic E-state index is 12.5. The van der Waals surface area contributed by atoms with Gasteiger partial charge >= 0.3 is 0 Å². The minimum atomic E-state index is -1.31. The number of aromatic nitrogens is 4. The lowest BCUT2D eigenvalue weighted by molar-refractivity contribution is 0.143. The number of fused-ring (bicyclic) bond motifs is 1. The minimum absolute atomic E-state index is 0.0150. The molecule has 2 fully saturated rings. The van der Waals surface area contributed by atoms with E-state index in [0.717, 1.165) is 57.4 Å². The van der Waals surface area contributed by atoms with Crippen LogP contribution >= 0.6 is 11.6 Å². The van der Waals surface area contributed by atoms with Gasteiger partial charge in [-0.3, -0.25) is 4.21 Å². The van der Waals surface area contributed by atoms with E-state index in [-0.39, 0.29) is 18.5 Å². The highest BCUT2D eigenvalue weighted by Gasteiger charge is 2.39. The van der Waals surface area contributed by atoms with E-state index in [4.69, 9.17) is 21.3 Å². The monoisotopic (exact) mass is 464 g/mol. The van der Waals surface area contributed by atoms with E-state index in [9.17, 15) is 9.32 Å². The summed E-state index contributed by atoms with van der Waals surface area (Å²) in [6.45, 7) is 1.57. The van der Waals surface area contributed by atoms with Crippen molar-refractivity contribution >= 4 is 34.2 Å². The van der Waals surface area contributed by atoms with E-state index in [2.05, 4.69) is 25.2 Å². The number of hydrogen-bond donors (Lipinski definition) is 2. The molecule has 11 heteroatoms. The summed E-state index contributed by atoms with van der Waals surface area (Å²) in [6.07, 6.45) is 8.85. The fourth-order valence-corrected chi connectivity index (χ4v) is 5.43. The fraction of sp³-hybridized carbons (Fsp3) is 0.600. The third-order valence-electron chi connectivity index (χ3n) is 6.37. The molecule has 2 aromatic rings. The number of nitrogens with one attached hydrogen (secondary N) is 1. The second-order valence-electron chi connectivity index (χ2n) is 8.41. The number of ether oxygens (including phenoxy) is 1. The van der Waals surface area contributed by atoms with Crippen LogP contribution in [0.15, 0.2) is 17.3 Å². The molecule has 0 amide bonds. The predicted octanol–water partition coefficient (Wildman–Crippen LogP) is 2.48. The molecule has 31 heavy (non-hydrogen) atoms. The van der Waals surface area contributed by atoms with Gasteiger partial charge in [0.1, 0.15) is 21.5 Å². The zero-order chi connectivity index (χ0) is 21.4. The highest BCUT2D eigenvalue weighted by molar-refractivity contribution is 7.85. The zero-order valence-corrected chi connectivity index (χ0v) is 18.7. The molecule has 5 rings (SSSR count). The molecule has 2 N–H and O–H groups in total. The SMILES string of the molecule is O=S1COc2nc(N3CCCC(c4ncc(Cl)cn4)CC3)nc(NC3(CO)CCC3)c21. The Hall–Kier alpha value is -2.04. The number of aliphatic hydroxyl groups is 1. The molecular formula is C20H25ClN6O3S. The first-order valence-electron chi connectivity index (χ1n) is 10.6. The molecule has 2 aliphatic heterocycles. The Morgan fingerprint density at radius 2 is 2.03 bits per heavy atom. The Morgan fingerprint density at radius 3 is 2.74 bits per heavy atom. The van der Waals surface area contributed by atoms with E-state index in [1.165, 1.54) is 0 Å². The van der Waals surface area contributed by atoms with Crippen molar-refractivity contribution in [3.63, 3.8) is 0 Å². The number of aliphatic hydroxyl groups excluding tert-OH is 1. The maximum Gasteiger partial charge on any atom is 0.238 e. The van der Waals surface area contributed by atoms with Gasteiger partial charge < -0.3 is 20.1 Å². The van der Waals surface area contributed by atoms with Crippen molar-refractivity contribution in [2.75, 3.05) is 35.9 Å². The first kappa shape index (κ1) is 20.8. The van der Waals surface area contributed by atoms with E-state index < -0.39 is 16.3 Å². The van der Waals surface area contributed by atoms with Crippen molar-refractivity contribution in [1.82, 2.24) is 19.9 Å². The van der Waals surface area contributed by atoms with Crippen LogP contribution in [0.3, 0.4) is 0 Å². The predicted molar refractivity (Wildman–Crippen MR) is 117 cm³/mol. The first-order chi connectivity index (χ1) is 15.1. The summed E-state index contributed by atoms with van der Waals surface area (Å²) < 4.78 is 18.1. The van der Waals surface area contributed by atoms with Crippen molar-refractivity contribution < 1.29 is 14.1 Å². The van der Waals surface area contributed by atoms with Crippen LogP contribution in [0.1, 0.15) is 50.3 Å². The number of halogens is 1. The van der Waals surface area contributed by atoms with Gasteiger partial charge in [-0.1, -0.05) is 11.6 Å². The normalized spacial score (nSPS) is 24.6. The molecule has 0 bridgehead atoms. The molecule has 9 nitrogen and oxygen atoms in total. The number of hydrogen-bond acceptors (Lipinski definition) is 9. The van der Waals surface area contributed by atoms with Gasteiger partial charge in [0.2, 0.25) is 11.8 Å². The Bertz CT molecular complexity index is 982. The Labute approximate surface area is 188 Å². The van der Waals surface area contributed by atoms with E-state index in [0.29, 0.717) is 27.6 Å². The lowest BCUT2D eigenvalue weighted by Crippen LogP contribution is -2.48. The van der Waals surface area contributed by atoms with Crippen molar-refractivity contribution in [2.24, 2.45) is 0 Å². The second-order valence-corrected chi connectivity index (χ2v) is 10.2. The van der Waals surface area contributed by atoms with Crippen molar-refractivity contribution in [1.29, 1.82) is 0 Å². The highest BCUT2D eigenvalue weighted by atomic mass is 35.5. The summed E-state index contributed by atoms with van der Waals surface area (Å²) in [5.41, 5.74) is -0.401. The summed E-state index contributed by atoms with van der Waals surface area (Å²) in [4.78, 5) is 20.8. The molecule has 1 saturated heterocycles. The van der Waals surface area contributed by atoms with Gasteiger partial charge in [-0.25, -0.2) is 9.97 Å². The molecule has 4 heterocycles. The highest BCUT2D eigenvalue weighted by Crippen LogP contribution is 2.40. The molecule has 2 aromatic heterocycles. The summed E-state index contributed by atoms with van der Waals surface area (Å²) in [6, 6.07) is 0. The summed E-state index contributed by atoms with van der Waals surface area (Å²) in [7, 11) is -1.31. The third-order valence-corrected chi connectivity index (χ3v) is 7.72. The molecule has 0 spiro atoms. The zero-order valence-electron chi connectivity index (χ0n) is 17.1. The number of nitrogens with zero attached hydrogens (tertiary/aromatic N) is 5. The first-order valence-corrected chi connectivity index (χ1v) is 12.3. The van der Waals surface area contributed by atoms with Gasteiger partial charge in [-0.05, 0) is 38.5 Å². The van der Waals surface area contributed by atoms with Crippen LogP contribution in [0.25, 0.3) is 0 Å². The molecule has 1 saturated carbocycles. The topological polar surface area (TPSA) is 113 Å². The molecular weight excluding hydrogens is 440 g/mol. The Balaban J connectivity index is 1.39. The van der Waals surface area contributed by atoms with Gasteiger partial charge in [0, 0.05) is 31.4 Å². The average Bonchev–Trinajstić information content (AvgIpc) is 2.97. The van der Waals surface area contributed by atoms with Gasteiger partial charge in [0.05, 0.1) is 17.2 Å². The molecule has 2 atom stereocenters. The average molecular weight is 465 g/mol. The fourth-order valence-electron chi connectivity index (χ4n) is 4.38. The van der Waals surface area contributed by atoms with Crippen LogP contribution < -0.4 is 15.0 Å². The smallest absolute Gasteiger partial charge is 0.238 e. The van der Waals surface area contributed by atoms with Crippen LogP contribution in [-0.4, -0.2) is 60.4 Å². The largest absolute Gasteiger partial charge is 0.463 e. The molecule has 1 aliphatic carbocycles. The Kier molecular flexibility index (Phi) is 5.70. The maximum atomic E-state index is 12.5. The van der Waals surface area contributed by atoms with Gasteiger partial charge in [-0.2, -0.15) is 9.97 Å². The summed E-state index contributed by atoms with van der Waals surface area (Å²) >= 11 is 5.92. The van der Waals surface area contributed by atoms with Gasteiger partial charge in [0.25, 0.3) is 0 Å². The molecule has 166 valence electrons. The Morgan fingerprint density at radius 1 is 1.23 bits per heavy atom. The molecule has 0 aromatic carbocycles. The van der Waals surface area contributed by atoms with E-state index >= 15 is 0 Å².